The van der Waals surface area contributed by atoms with Crippen LogP contribution >= 0.6 is 11.3 Å². The average Bonchev–Trinajstić information content (AvgIpc) is 3.05. The molecule has 0 aliphatic carbocycles. The van der Waals surface area contributed by atoms with Crippen molar-refractivity contribution in [2.24, 2.45) is 5.92 Å². The number of ether oxygens (including phenoxy) is 1. The molecule has 5 nitrogen and oxygen atoms in total. The Morgan fingerprint density at radius 2 is 2.10 bits per heavy atom. The zero-order valence-electron chi connectivity index (χ0n) is 11.5. The van der Waals surface area contributed by atoms with Gasteiger partial charge in [-0.05, 0) is 30.2 Å². The second-order valence-corrected chi connectivity index (χ2v) is 6.25. The van der Waals surface area contributed by atoms with E-state index in [-0.39, 0.29) is 17.9 Å². The molecule has 0 spiro atoms. The average molecular weight is 297 g/mol. The number of hydrogen-bond donors (Lipinski definition) is 2. The first-order chi connectivity index (χ1) is 9.49. The van der Waals surface area contributed by atoms with Gasteiger partial charge in [-0.3, -0.25) is 4.79 Å². The topological polar surface area (TPSA) is 75.6 Å². The number of aliphatic carboxylic acids is 1. The Labute approximate surface area is 121 Å². The van der Waals surface area contributed by atoms with Gasteiger partial charge in [0.25, 0.3) is 0 Å². The van der Waals surface area contributed by atoms with Gasteiger partial charge in [-0.15, -0.1) is 11.3 Å². The van der Waals surface area contributed by atoms with Crippen molar-refractivity contribution in [2.45, 2.75) is 44.9 Å². The van der Waals surface area contributed by atoms with Crippen molar-refractivity contribution in [1.29, 1.82) is 0 Å². The summed E-state index contributed by atoms with van der Waals surface area (Å²) in [6, 6.07) is 3.88. The maximum Gasteiger partial charge on any atom is 0.332 e. The van der Waals surface area contributed by atoms with Crippen LogP contribution in [0.4, 0.5) is 0 Å². The number of carbonyl (C=O) groups excluding carboxylic acids is 1. The summed E-state index contributed by atoms with van der Waals surface area (Å²) in [5.41, 5.74) is 0. The molecule has 0 bridgehead atoms. The van der Waals surface area contributed by atoms with Crippen molar-refractivity contribution in [3.05, 3.63) is 22.4 Å². The first-order valence-electron chi connectivity index (χ1n) is 6.71. The van der Waals surface area contributed by atoms with Crippen molar-refractivity contribution >= 4 is 23.2 Å². The molecule has 3 atom stereocenters. The monoisotopic (exact) mass is 297 g/mol. The molecule has 1 aromatic heterocycles. The summed E-state index contributed by atoms with van der Waals surface area (Å²) in [6.07, 6.45) is -0.668. The van der Waals surface area contributed by atoms with Crippen LogP contribution in [0.15, 0.2) is 17.5 Å². The predicted octanol–water partition coefficient (Wildman–Crippen LogP) is 2.19. The zero-order chi connectivity index (χ0) is 14.7. The maximum atomic E-state index is 12.2. The highest BCUT2D eigenvalue weighted by Gasteiger charge is 2.35. The van der Waals surface area contributed by atoms with Crippen LogP contribution in [0.5, 0.6) is 0 Å². The van der Waals surface area contributed by atoms with Gasteiger partial charge in [0.2, 0.25) is 5.91 Å². The van der Waals surface area contributed by atoms with Crippen LogP contribution in [0.2, 0.25) is 0 Å². The summed E-state index contributed by atoms with van der Waals surface area (Å²) in [4.78, 5) is 24.1. The molecule has 6 heteroatoms. The second kappa shape index (κ2) is 6.37. The third kappa shape index (κ3) is 3.37. The Kier molecular flexibility index (Phi) is 4.77. The van der Waals surface area contributed by atoms with E-state index in [4.69, 9.17) is 9.84 Å². The molecular weight excluding hydrogens is 278 g/mol. The van der Waals surface area contributed by atoms with E-state index in [1.807, 2.05) is 31.4 Å². The highest BCUT2D eigenvalue weighted by atomic mass is 32.1. The maximum absolute atomic E-state index is 12.2. The lowest BCUT2D eigenvalue weighted by Crippen LogP contribution is -2.39. The molecule has 1 aromatic rings. The van der Waals surface area contributed by atoms with Gasteiger partial charge in [0.05, 0.1) is 6.04 Å². The van der Waals surface area contributed by atoms with Crippen LogP contribution in [0.1, 0.15) is 37.6 Å². The van der Waals surface area contributed by atoms with Gasteiger partial charge in [0, 0.05) is 4.88 Å². The lowest BCUT2D eigenvalue weighted by molar-refractivity contribution is -0.152. The van der Waals surface area contributed by atoms with Gasteiger partial charge in [-0.2, -0.15) is 0 Å². The molecule has 0 aromatic carbocycles. The number of thiophene rings is 1. The first kappa shape index (κ1) is 15.0. The number of hydrogen-bond acceptors (Lipinski definition) is 4. The summed E-state index contributed by atoms with van der Waals surface area (Å²) in [5.74, 6) is -0.964. The van der Waals surface area contributed by atoms with Crippen LogP contribution in [-0.2, 0) is 14.3 Å². The van der Waals surface area contributed by atoms with Crippen LogP contribution in [0.25, 0.3) is 0 Å². The SMILES string of the molecule is CC(C)C(NC(=O)C1CCC(C(=O)O)O1)c1cccs1. The van der Waals surface area contributed by atoms with Crippen molar-refractivity contribution < 1.29 is 19.4 Å². The smallest absolute Gasteiger partial charge is 0.332 e. The fraction of sp³-hybridized carbons (Fsp3) is 0.571. The fourth-order valence-corrected chi connectivity index (χ4v) is 3.24. The highest BCUT2D eigenvalue weighted by Crippen LogP contribution is 2.27. The Bertz CT molecular complexity index is 472. The summed E-state index contributed by atoms with van der Waals surface area (Å²) < 4.78 is 5.27. The van der Waals surface area contributed by atoms with E-state index in [9.17, 15) is 9.59 Å². The molecule has 1 aliphatic heterocycles. The van der Waals surface area contributed by atoms with Gasteiger partial charge in [0.1, 0.15) is 6.10 Å². The third-order valence-electron chi connectivity index (χ3n) is 3.40. The molecule has 0 saturated carbocycles. The molecule has 110 valence electrons. The van der Waals surface area contributed by atoms with Crippen molar-refractivity contribution in [3.63, 3.8) is 0 Å². The Hall–Kier alpha value is -1.40. The first-order valence-corrected chi connectivity index (χ1v) is 7.59. The van der Waals surface area contributed by atoms with Crippen LogP contribution < -0.4 is 5.32 Å². The fourth-order valence-electron chi connectivity index (χ4n) is 2.29. The third-order valence-corrected chi connectivity index (χ3v) is 4.36. The molecule has 1 saturated heterocycles. The number of nitrogens with one attached hydrogen (secondary N) is 1. The minimum atomic E-state index is -1.00. The minimum Gasteiger partial charge on any atom is -0.479 e. The summed E-state index contributed by atoms with van der Waals surface area (Å²) in [6.45, 7) is 4.08. The highest BCUT2D eigenvalue weighted by molar-refractivity contribution is 7.10. The number of rotatable bonds is 5. The molecule has 20 heavy (non-hydrogen) atoms. The van der Waals surface area contributed by atoms with E-state index in [0.29, 0.717) is 12.8 Å². The van der Waals surface area contributed by atoms with Crippen LogP contribution in [0, 0.1) is 5.92 Å². The van der Waals surface area contributed by atoms with E-state index in [2.05, 4.69) is 5.32 Å². The van der Waals surface area contributed by atoms with E-state index in [1.54, 1.807) is 11.3 Å². The van der Waals surface area contributed by atoms with Gasteiger partial charge in [-0.1, -0.05) is 19.9 Å². The number of amides is 1. The number of carbonyl (C=O) groups is 2. The molecule has 2 rings (SSSR count). The van der Waals surface area contributed by atoms with Crippen LogP contribution in [0.3, 0.4) is 0 Å². The Balaban J connectivity index is 1.98. The molecule has 2 heterocycles. The summed E-state index contributed by atoms with van der Waals surface area (Å²) in [7, 11) is 0. The van der Waals surface area contributed by atoms with Gasteiger partial charge >= 0.3 is 5.97 Å². The Morgan fingerprint density at radius 1 is 1.40 bits per heavy atom. The van der Waals surface area contributed by atoms with Crippen molar-refractivity contribution in [1.82, 2.24) is 5.32 Å². The number of carboxylic acids is 1. The standard InChI is InChI=1S/C14H19NO4S/c1-8(2)12(11-4-3-7-20-11)15-13(16)9-5-6-10(19-9)14(17)18/h3-4,7-10,12H,5-6H2,1-2H3,(H,15,16)(H,17,18). The predicted molar refractivity (Wildman–Crippen MR) is 75.6 cm³/mol. The van der Waals surface area contributed by atoms with E-state index in [1.165, 1.54) is 0 Å². The van der Waals surface area contributed by atoms with Crippen LogP contribution in [-0.4, -0.2) is 29.2 Å². The molecule has 2 N–H and O–H groups in total. The van der Waals surface area contributed by atoms with Gasteiger partial charge in [-0.25, -0.2) is 4.79 Å². The molecule has 3 unspecified atom stereocenters. The summed E-state index contributed by atoms with van der Waals surface area (Å²) >= 11 is 1.60. The lowest BCUT2D eigenvalue weighted by Gasteiger charge is -2.23. The van der Waals surface area contributed by atoms with E-state index in [0.717, 1.165) is 4.88 Å². The van der Waals surface area contributed by atoms with Gasteiger partial charge in [0.15, 0.2) is 6.10 Å². The zero-order valence-corrected chi connectivity index (χ0v) is 12.4. The molecule has 1 fully saturated rings. The quantitative estimate of drug-likeness (QED) is 0.873. The molecule has 1 amide bonds. The molecule has 0 radical (unpaired) electrons. The molecular formula is C14H19NO4S. The Morgan fingerprint density at radius 3 is 2.60 bits per heavy atom. The minimum absolute atomic E-state index is 0.0602. The molecule has 1 aliphatic rings. The van der Waals surface area contributed by atoms with E-state index >= 15 is 0 Å². The van der Waals surface area contributed by atoms with Crippen molar-refractivity contribution in [2.75, 3.05) is 0 Å². The van der Waals surface area contributed by atoms with E-state index < -0.39 is 18.2 Å². The lowest BCUT2D eigenvalue weighted by atomic mass is 10.0. The largest absolute Gasteiger partial charge is 0.479 e. The second-order valence-electron chi connectivity index (χ2n) is 5.27. The van der Waals surface area contributed by atoms with Crippen molar-refractivity contribution in [3.8, 4) is 0 Å². The van der Waals surface area contributed by atoms with Gasteiger partial charge < -0.3 is 15.2 Å². The normalized spacial score (nSPS) is 23.8. The summed E-state index contributed by atoms with van der Waals surface area (Å²) in [5, 5.41) is 13.8. The number of carboxylic acid groups (broad SMARTS) is 1.